The number of hydrogen-bond acceptors (Lipinski definition) is 3. The third-order valence-corrected chi connectivity index (χ3v) is 5.71. The molecule has 2 aromatic heterocycles. The lowest BCUT2D eigenvalue weighted by atomic mass is 10.2. The van der Waals surface area contributed by atoms with E-state index in [2.05, 4.69) is 54.8 Å². The predicted octanol–water partition coefficient (Wildman–Crippen LogP) is 6.71. The molecule has 0 aliphatic rings. The topological polar surface area (TPSA) is 9.23 Å². The van der Waals surface area contributed by atoms with E-state index in [0.29, 0.717) is 0 Å². The minimum atomic E-state index is 0.808. The second-order valence-corrected chi connectivity index (χ2v) is 7.26. The molecule has 0 aliphatic heterocycles. The van der Waals surface area contributed by atoms with E-state index in [4.69, 9.17) is 4.74 Å². The molecule has 0 fully saturated rings. The quantitative estimate of drug-likeness (QED) is 0.438. The van der Waals surface area contributed by atoms with Crippen molar-refractivity contribution in [1.29, 1.82) is 0 Å². The van der Waals surface area contributed by atoms with Crippen molar-refractivity contribution in [1.82, 2.24) is 0 Å². The van der Waals surface area contributed by atoms with Gasteiger partial charge in [0.15, 0.2) is 0 Å². The lowest BCUT2D eigenvalue weighted by molar-refractivity contribution is 0.306. The number of unbranched alkanes of at least 4 members (excludes halogenated alkanes) is 2. The van der Waals surface area contributed by atoms with Crippen molar-refractivity contribution in [3.63, 3.8) is 0 Å². The molecule has 22 heavy (non-hydrogen) atoms. The third-order valence-electron chi connectivity index (χ3n) is 3.51. The van der Waals surface area contributed by atoms with Gasteiger partial charge in [-0.15, -0.1) is 22.7 Å². The highest BCUT2D eigenvalue weighted by Crippen LogP contribution is 2.37. The number of thiophene rings is 2. The second-order valence-electron chi connectivity index (χ2n) is 5.22. The molecule has 3 aromatic rings. The molecular weight excluding hydrogens is 308 g/mol. The summed E-state index contributed by atoms with van der Waals surface area (Å²) in [7, 11) is 0. The van der Waals surface area contributed by atoms with Crippen LogP contribution in [0.5, 0.6) is 5.75 Å². The van der Waals surface area contributed by atoms with Crippen LogP contribution in [0.25, 0.3) is 20.2 Å². The van der Waals surface area contributed by atoms with Gasteiger partial charge >= 0.3 is 0 Å². The summed E-state index contributed by atoms with van der Waals surface area (Å²) in [6.45, 7) is 3.02. The van der Waals surface area contributed by atoms with Gasteiger partial charge in [0, 0.05) is 14.6 Å². The molecule has 1 nitrogen and oxygen atoms in total. The minimum Gasteiger partial charge on any atom is -0.494 e. The Labute approximate surface area is 140 Å². The summed E-state index contributed by atoms with van der Waals surface area (Å²) in [5.41, 5.74) is 1.24. The van der Waals surface area contributed by atoms with Gasteiger partial charge in [0.25, 0.3) is 0 Å². The molecule has 1 aromatic carbocycles. The fraction of sp³-hybridized carbons (Fsp3) is 0.263. The smallest absolute Gasteiger partial charge is 0.119 e. The summed E-state index contributed by atoms with van der Waals surface area (Å²) in [5, 5.41) is 2.12. The van der Waals surface area contributed by atoms with Gasteiger partial charge in [0.05, 0.1) is 6.61 Å². The highest BCUT2D eigenvalue weighted by atomic mass is 32.1. The molecule has 0 atom stereocenters. The minimum absolute atomic E-state index is 0.808. The van der Waals surface area contributed by atoms with Crippen LogP contribution in [0.4, 0.5) is 0 Å². The Morgan fingerprint density at radius 1 is 0.909 bits per heavy atom. The Hall–Kier alpha value is -1.58. The summed E-state index contributed by atoms with van der Waals surface area (Å²) in [5.74, 6) is 0.972. The van der Waals surface area contributed by atoms with Gasteiger partial charge in [-0.3, -0.25) is 0 Å². The van der Waals surface area contributed by atoms with Crippen molar-refractivity contribution in [2.45, 2.75) is 26.2 Å². The van der Waals surface area contributed by atoms with E-state index < -0.39 is 0 Å². The van der Waals surface area contributed by atoms with Crippen LogP contribution < -0.4 is 4.74 Å². The monoisotopic (exact) mass is 328 g/mol. The molecule has 0 amide bonds. The Balaban J connectivity index is 1.72. The van der Waals surface area contributed by atoms with Gasteiger partial charge in [-0.25, -0.2) is 0 Å². The van der Waals surface area contributed by atoms with E-state index in [9.17, 15) is 0 Å². The van der Waals surface area contributed by atoms with Crippen LogP contribution in [-0.4, -0.2) is 6.61 Å². The molecule has 0 radical (unpaired) electrons. The number of ether oxygens (including phenoxy) is 1. The Kier molecular flexibility index (Phi) is 5.30. The molecule has 0 N–H and O–H groups in total. The van der Waals surface area contributed by atoms with Crippen molar-refractivity contribution >= 4 is 22.7 Å². The van der Waals surface area contributed by atoms with Gasteiger partial charge in [-0.1, -0.05) is 38.0 Å². The zero-order chi connectivity index (χ0) is 15.2. The predicted molar refractivity (Wildman–Crippen MR) is 98.1 cm³/mol. The van der Waals surface area contributed by atoms with E-state index >= 15 is 0 Å². The van der Waals surface area contributed by atoms with Crippen LogP contribution in [0.15, 0.2) is 53.9 Å². The van der Waals surface area contributed by atoms with Crippen molar-refractivity contribution < 1.29 is 4.74 Å². The average molecular weight is 329 g/mol. The van der Waals surface area contributed by atoms with Crippen LogP contribution >= 0.6 is 22.7 Å². The van der Waals surface area contributed by atoms with Gasteiger partial charge in [-0.2, -0.15) is 0 Å². The number of hydrogen-bond donors (Lipinski definition) is 0. The molecular formula is C19H20OS2. The fourth-order valence-corrected chi connectivity index (χ4v) is 4.16. The summed E-state index contributed by atoms with van der Waals surface area (Å²) in [6.07, 6.45) is 3.58. The first kappa shape index (κ1) is 15.3. The molecule has 0 bridgehead atoms. The molecule has 2 heterocycles. The maximum absolute atomic E-state index is 5.86. The average Bonchev–Trinajstić information content (AvgIpc) is 3.22. The maximum Gasteiger partial charge on any atom is 0.119 e. The first-order valence-electron chi connectivity index (χ1n) is 7.74. The van der Waals surface area contributed by atoms with Gasteiger partial charge in [0.2, 0.25) is 0 Å². The van der Waals surface area contributed by atoms with Crippen molar-refractivity contribution in [2.75, 3.05) is 6.61 Å². The van der Waals surface area contributed by atoms with E-state index in [-0.39, 0.29) is 0 Å². The summed E-state index contributed by atoms with van der Waals surface area (Å²) >= 11 is 3.63. The van der Waals surface area contributed by atoms with Gasteiger partial charge in [0.1, 0.15) is 5.75 Å². The lowest BCUT2D eigenvalue weighted by Crippen LogP contribution is -1.96. The summed E-state index contributed by atoms with van der Waals surface area (Å²) in [6, 6.07) is 17.1. The first-order chi connectivity index (χ1) is 10.9. The Morgan fingerprint density at radius 2 is 1.82 bits per heavy atom. The van der Waals surface area contributed by atoms with Crippen molar-refractivity contribution in [3.8, 4) is 25.9 Å². The van der Waals surface area contributed by atoms with E-state index in [0.717, 1.165) is 18.8 Å². The summed E-state index contributed by atoms with van der Waals surface area (Å²) in [4.78, 5) is 3.96. The maximum atomic E-state index is 5.86. The summed E-state index contributed by atoms with van der Waals surface area (Å²) < 4.78 is 5.86. The highest BCUT2D eigenvalue weighted by Gasteiger charge is 2.06. The molecule has 0 saturated heterocycles. The van der Waals surface area contributed by atoms with Gasteiger partial charge in [-0.05, 0) is 47.7 Å². The fourth-order valence-electron chi connectivity index (χ4n) is 2.33. The van der Waals surface area contributed by atoms with Crippen LogP contribution in [-0.2, 0) is 0 Å². The van der Waals surface area contributed by atoms with Crippen molar-refractivity contribution in [3.05, 3.63) is 53.9 Å². The molecule has 3 rings (SSSR count). The molecule has 0 aliphatic carbocycles. The molecule has 0 unspecified atom stereocenters. The molecule has 3 heteroatoms. The van der Waals surface area contributed by atoms with E-state index in [1.165, 1.54) is 33.0 Å². The standard InChI is InChI=1S/C19H20OS2/c1-2-3-4-12-20-16-8-5-7-15(14-16)17-10-11-19(22-17)18-9-6-13-21-18/h5-11,13-14H,2-4,12H2,1H3. The van der Waals surface area contributed by atoms with Crippen LogP contribution in [0.3, 0.4) is 0 Å². The normalized spacial score (nSPS) is 10.8. The van der Waals surface area contributed by atoms with Crippen LogP contribution in [0, 0.1) is 0 Å². The first-order valence-corrected chi connectivity index (χ1v) is 9.43. The highest BCUT2D eigenvalue weighted by molar-refractivity contribution is 7.23. The van der Waals surface area contributed by atoms with E-state index in [1.807, 2.05) is 17.4 Å². The molecule has 114 valence electrons. The lowest BCUT2D eigenvalue weighted by Gasteiger charge is -2.07. The third kappa shape index (κ3) is 3.79. The number of rotatable bonds is 7. The largest absolute Gasteiger partial charge is 0.494 e. The Bertz CT molecular complexity index is 698. The second kappa shape index (κ2) is 7.61. The van der Waals surface area contributed by atoms with Crippen LogP contribution in [0.2, 0.25) is 0 Å². The van der Waals surface area contributed by atoms with E-state index in [1.54, 1.807) is 11.3 Å². The Morgan fingerprint density at radius 3 is 2.64 bits per heavy atom. The zero-order valence-electron chi connectivity index (χ0n) is 12.7. The van der Waals surface area contributed by atoms with Crippen LogP contribution in [0.1, 0.15) is 26.2 Å². The van der Waals surface area contributed by atoms with Gasteiger partial charge < -0.3 is 4.74 Å². The number of benzene rings is 1. The molecule has 0 saturated carbocycles. The van der Waals surface area contributed by atoms with Crippen molar-refractivity contribution in [2.24, 2.45) is 0 Å². The zero-order valence-corrected chi connectivity index (χ0v) is 14.4. The SMILES string of the molecule is CCCCCOc1cccc(-c2ccc(-c3cccs3)s2)c1. The molecule has 0 spiro atoms.